The summed E-state index contributed by atoms with van der Waals surface area (Å²) in [6, 6.07) is 17.2. The van der Waals surface area contributed by atoms with Crippen LogP contribution in [0.15, 0.2) is 60.7 Å². The number of aromatic nitrogens is 1. The number of aliphatic carboxylic acids is 1. The Morgan fingerprint density at radius 3 is 2.23 bits per heavy atom. The van der Waals surface area contributed by atoms with Crippen molar-refractivity contribution in [3.05, 3.63) is 77.5 Å². The van der Waals surface area contributed by atoms with E-state index in [1.807, 2.05) is 43.3 Å². The van der Waals surface area contributed by atoms with Crippen molar-refractivity contribution in [2.24, 2.45) is 0 Å². The van der Waals surface area contributed by atoms with Crippen LogP contribution in [0.2, 0.25) is 0 Å². The largest absolute Gasteiger partial charge is 0.497 e. The number of benzene rings is 2. The van der Waals surface area contributed by atoms with Gasteiger partial charge >= 0.3 is 5.97 Å². The zero-order valence-electron chi connectivity index (χ0n) is 17.6. The zero-order chi connectivity index (χ0) is 22.4. The van der Waals surface area contributed by atoms with Gasteiger partial charge in [-0.25, -0.2) is 4.98 Å². The standard InChI is InChI=1S/C24H24N2O5/c1-15-4-6-16(7-5-15)20(14-22(27)28)26-24(29)19-12-13-21(31-3)23(25-19)17-8-10-18(30-2)11-9-17/h4-13,20H,14H2,1-3H3,(H,26,29)(H,27,28). The molecule has 1 amide bonds. The lowest BCUT2D eigenvalue weighted by Crippen LogP contribution is -2.30. The maximum absolute atomic E-state index is 12.9. The second-order valence-corrected chi connectivity index (χ2v) is 7.01. The third kappa shape index (κ3) is 5.39. The fourth-order valence-corrected chi connectivity index (χ4v) is 3.15. The first-order valence-corrected chi connectivity index (χ1v) is 9.70. The fourth-order valence-electron chi connectivity index (χ4n) is 3.15. The first-order chi connectivity index (χ1) is 14.9. The van der Waals surface area contributed by atoms with E-state index in [9.17, 15) is 14.7 Å². The van der Waals surface area contributed by atoms with Gasteiger partial charge in [0.2, 0.25) is 0 Å². The summed E-state index contributed by atoms with van der Waals surface area (Å²) in [5.74, 6) is -0.259. The van der Waals surface area contributed by atoms with Gasteiger partial charge < -0.3 is 19.9 Å². The Hall–Kier alpha value is -3.87. The summed E-state index contributed by atoms with van der Waals surface area (Å²) in [6.45, 7) is 1.94. The molecule has 3 rings (SSSR count). The Morgan fingerprint density at radius 1 is 0.968 bits per heavy atom. The average molecular weight is 420 g/mol. The summed E-state index contributed by atoms with van der Waals surface area (Å²) in [7, 11) is 3.12. The second kappa shape index (κ2) is 9.75. The molecule has 2 N–H and O–H groups in total. The molecular weight excluding hydrogens is 396 g/mol. The molecule has 7 heteroatoms. The highest BCUT2D eigenvalue weighted by Crippen LogP contribution is 2.29. The molecule has 0 aliphatic carbocycles. The number of carbonyl (C=O) groups excluding carboxylic acids is 1. The van der Waals surface area contributed by atoms with E-state index in [1.165, 1.54) is 7.11 Å². The number of nitrogens with one attached hydrogen (secondary N) is 1. The van der Waals surface area contributed by atoms with Gasteiger partial charge in [0.1, 0.15) is 22.9 Å². The summed E-state index contributed by atoms with van der Waals surface area (Å²) in [4.78, 5) is 28.8. The van der Waals surface area contributed by atoms with Gasteiger partial charge in [0, 0.05) is 5.56 Å². The van der Waals surface area contributed by atoms with Gasteiger partial charge in [-0.15, -0.1) is 0 Å². The predicted octanol–water partition coefficient (Wildman–Crippen LogP) is 4.02. The quantitative estimate of drug-likeness (QED) is 0.571. The van der Waals surface area contributed by atoms with Crippen LogP contribution >= 0.6 is 0 Å². The summed E-state index contributed by atoms with van der Waals surface area (Å²) >= 11 is 0. The van der Waals surface area contributed by atoms with Crippen LogP contribution in [0, 0.1) is 6.92 Å². The maximum Gasteiger partial charge on any atom is 0.305 e. The summed E-state index contributed by atoms with van der Waals surface area (Å²) in [5.41, 5.74) is 3.18. The summed E-state index contributed by atoms with van der Waals surface area (Å²) < 4.78 is 10.6. The molecule has 0 saturated carbocycles. The lowest BCUT2D eigenvalue weighted by atomic mass is 10.0. The van der Waals surface area contributed by atoms with E-state index in [2.05, 4.69) is 10.3 Å². The fraction of sp³-hybridized carbons (Fsp3) is 0.208. The van der Waals surface area contributed by atoms with Crippen molar-refractivity contribution in [2.75, 3.05) is 14.2 Å². The summed E-state index contributed by atoms with van der Waals surface area (Å²) in [5, 5.41) is 12.1. The molecule has 1 heterocycles. The minimum absolute atomic E-state index is 0.161. The van der Waals surface area contributed by atoms with Gasteiger partial charge in [-0.1, -0.05) is 29.8 Å². The van der Waals surface area contributed by atoms with Crippen LogP contribution in [0.3, 0.4) is 0 Å². The molecule has 0 saturated heterocycles. The predicted molar refractivity (Wildman–Crippen MR) is 116 cm³/mol. The average Bonchev–Trinajstić information content (AvgIpc) is 2.78. The Labute approximate surface area is 180 Å². The topological polar surface area (TPSA) is 97.8 Å². The number of methoxy groups -OCH3 is 2. The van der Waals surface area contributed by atoms with Crippen LogP contribution in [0.5, 0.6) is 11.5 Å². The van der Waals surface area contributed by atoms with Gasteiger partial charge in [-0.2, -0.15) is 0 Å². The van der Waals surface area contributed by atoms with E-state index in [0.29, 0.717) is 22.8 Å². The van der Waals surface area contributed by atoms with E-state index in [-0.39, 0.29) is 12.1 Å². The molecule has 0 fully saturated rings. The Bertz CT molecular complexity index is 1060. The van der Waals surface area contributed by atoms with E-state index in [4.69, 9.17) is 9.47 Å². The van der Waals surface area contributed by atoms with Gasteiger partial charge in [-0.05, 0) is 48.9 Å². The molecular formula is C24H24N2O5. The van der Waals surface area contributed by atoms with Crippen LogP contribution in [-0.4, -0.2) is 36.2 Å². The molecule has 1 aromatic heterocycles. The maximum atomic E-state index is 12.9. The van der Waals surface area contributed by atoms with Gasteiger partial charge in [0.25, 0.3) is 5.91 Å². The Kier molecular flexibility index (Phi) is 6.87. The van der Waals surface area contributed by atoms with Crippen molar-refractivity contribution < 1.29 is 24.2 Å². The number of hydrogen-bond donors (Lipinski definition) is 2. The van der Waals surface area contributed by atoms with E-state index in [1.54, 1.807) is 31.4 Å². The second-order valence-electron chi connectivity index (χ2n) is 7.01. The molecule has 3 aromatic rings. The highest BCUT2D eigenvalue weighted by molar-refractivity contribution is 5.93. The van der Waals surface area contributed by atoms with Crippen molar-refractivity contribution in [3.63, 3.8) is 0 Å². The van der Waals surface area contributed by atoms with Crippen molar-refractivity contribution in [3.8, 4) is 22.8 Å². The molecule has 2 aromatic carbocycles. The molecule has 160 valence electrons. The number of aryl methyl sites for hydroxylation is 1. The van der Waals surface area contributed by atoms with Crippen molar-refractivity contribution in [2.45, 2.75) is 19.4 Å². The van der Waals surface area contributed by atoms with Crippen LogP contribution < -0.4 is 14.8 Å². The molecule has 1 atom stereocenters. The van der Waals surface area contributed by atoms with Gasteiger partial charge in [0.05, 0.1) is 26.7 Å². The number of nitrogens with zero attached hydrogens (tertiary/aromatic N) is 1. The van der Waals surface area contributed by atoms with Crippen molar-refractivity contribution in [1.82, 2.24) is 10.3 Å². The van der Waals surface area contributed by atoms with Crippen LogP contribution in [0.4, 0.5) is 0 Å². The number of hydrogen-bond acceptors (Lipinski definition) is 5. The van der Waals surface area contributed by atoms with Crippen LogP contribution in [0.1, 0.15) is 34.1 Å². The molecule has 0 bridgehead atoms. The van der Waals surface area contributed by atoms with Crippen LogP contribution in [0.25, 0.3) is 11.3 Å². The zero-order valence-corrected chi connectivity index (χ0v) is 17.6. The lowest BCUT2D eigenvalue weighted by molar-refractivity contribution is -0.137. The van der Waals surface area contributed by atoms with Crippen LogP contribution in [-0.2, 0) is 4.79 Å². The minimum Gasteiger partial charge on any atom is -0.497 e. The molecule has 0 aliphatic heterocycles. The number of ether oxygens (including phenoxy) is 2. The minimum atomic E-state index is -1.01. The van der Waals surface area contributed by atoms with Crippen molar-refractivity contribution >= 4 is 11.9 Å². The first kappa shape index (κ1) is 21.8. The Morgan fingerprint density at radius 2 is 1.65 bits per heavy atom. The number of rotatable bonds is 8. The smallest absolute Gasteiger partial charge is 0.305 e. The molecule has 7 nitrogen and oxygen atoms in total. The van der Waals surface area contributed by atoms with Gasteiger partial charge in [0.15, 0.2) is 0 Å². The SMILES string of the molecule is COc1ccc(-c2nc(C(=O)NC(CC(=O)O)c3ccc(C)cc3)ccc2OC)cc1. The highest BCUT2D eigenvalue weighted by atomic mass is 16.5. The van der Waals surface area contributed by atoms with E-state index < -0.39 is 17.9 Å². The molecule has 0 aliphatic rings. The number of carbonyl (C=O) groups is 2. The van der Waals surface area contributed by atoms with Crippen molar-refractivity contribution in [1.29, 1.82) is 0 Å². The van der Waals surface area contributed by atoms with E-state index in [0.717, 1.165) is 11.1 Å². The third-order valence-corrected chi connectivity index (χ3v) is 4.84. The molecule has 0 spiro atoms. The molecule has 1 unspecified atom stereocenters. The monoisotopic (exact) mass is 420 g/mol. The summed E-state index contributed by atoms with van der Waals surface area (Å²) in [6.07, 6.45) is -0.240. The first-order valence-electron chi connectivity index (χ1n) is 9.70. The van der Waals surface area contributed by atoms with Gasteiger partial charge in [-0.3, -0.25) is 9.59 Å². The molecule has 0 radical (unpaired) electrons. The number of amides is 1. The highest BCUT2D eigenvalue weighted by Gasteiger charge is 2.21. The number of carboxylic acids is 1. The molecule has 31 heavy (non-hydrogen) atoms. The number of pyridine rings is 1. The lowest BCUT2D eigenvalue weighted by Gasteiger charge is -2.18. The normalized spacial score (nSPS) is 11.5. The Balaban J connectivity index is 1.90. The van der Waals surface area contributed by atoms with E-state index >= 15 is 0 Å². The number of carboxylic acid groups (broad SMARTS) is 1. The third-order valence-electron chi connectivity index (χ3n) is 4.84.